The SMILES string of the molecule is CCCCCCCNCc1ccnn1C(F)F. The van der Waals surface area contributed by atoms with E-state index in [2.05, 4.69) is 17.3 Å². The van der Waals surface area contributed by atoms with E-state index >= 15 is 0 Å². The minimum absolute atomic E-state index is 0.456. The fourth-order valence-corrected chi connectivity index (χ4v) is 1.73. The van der Waals surface area contributed by atoms with Crippen LogP contribution in [0.2, 0.25) is 0 Å². The van der Waals surface area contributed by atoms with Crippen LogP contribution in [0.1, 0.15) is 51.3 Å². The number of alkyl halides is 2. The quantitative estimate of drug-likeness (QED) is 0.676. The highest BCUT2D eigenvalue weighted by molar-refractivity contribution is 5.00. The van der Waals surface area contributed by atoms with Crippen molar-refractivity contribution in [1.82, 2.24) is 15.1 Å². The molecule has 1 heterocycles. The molecule has 98 valence electrons. The van der Waals surface area contributed by atoms with Crippen LogP contribution in [0.5, 0.6) is 0 Å². The van der Waals surface area contributed by atoms with Gasteiger partial charge in [-0.05, 0) is 19.0 Å². The van der Waals surface area contributed by atoms with E-state index < -0.39 is 6.55 Å². The minimum Gasteiger partial charge on any atom is -0.311 e. The van der Waals surface area contributed by atoms with Gasteiger partial charge in [0.1, 0.15) is 0 Å². The summed E-state index contributed by atoms with van der Waals surface area (Å²) in [6.45, 7) is 0.964. The molecule has 0 fully saturated rings. The van der Waals surface area contributed by atoms with E-state index in [4.69, 9.17) is 0 Å². The van der Waals surface area contributed by atoms with Crippen molar-refractivity contribution >= 4 is 0 Å². The van der Waals surface area contributed by atoms with Crippen LogP contribution in [-0.2, 0) is 6.54 Å². The van der Waals surface area contributed by atoms with E-state index in [9.17, 15) is 8.78 Å². The molecule has 0 aliphatic heterocycles. The van der Waals surface area contributed by atoms with Gasteiger partial charge in [0.15, 0.2) is 0 Å². The van der Waals surface area contributed by atoms with Gasteiger partial charge in [-0.3, -0.25) is 0 Å². The largest absolute Gasteiger partial charge is 0.333 e. The Bertz CT molecular complexity index is 300. The molecule has 1 N–H and O–H groups in total. The molecule has 1 aromatic rings. The summed E-state index contributed by atoms with van der Waals surface area (Å²) < 4.78 is 25.7. The number of halogens is 2. The lowest BCUT2D eigenvalue weighted by Gasteiger charge is -2.07. The third-order valence-corrected chi connectivity index (χ3v) is 2.70. The average molecular weight is 245 g/mol. The lowest BCUT2D eigenvalue weighted by molar-refractivity contribution is 0.0531. The minimum atomic E-state index is -2.55. The molecule has 0 bridgehead atoms. The zero-order chi connectivity index (χ0) is 12.5. The fraction of sp³-hybridized carbons (Fsp3) is 0.750. The van der Waals surface area contributed by atoms with Gasteiger partial charge in [-0.2, -0.15) is 13.9 Å². The summed E-state index contributed by atoms with van der Waals surface area (Å²) in [7, 11) is 0. The molecule has 0 spiro atoms. The molecule has 0 radical (unpaired) electrons. The summed E-state index contributed by atoms with van der Waals surface area (Å²) in [5.41, 5.74) is 0.536. The van der Waals surface area contributed by atoms with E-state index in [-0.39, 0.29) is 0 Å². The summed E-state index contributed by atoms with van der Waals surface area (Å²) in [5, 5.41) is 6.75. The van der Waals surface area contributed by atoms with Crippen molar-refractivity contribution in [3.63, 3.8) is 0 Å². The average Bonchev–Trinajstić information content (AvgIpc) is 2.76. The Morgan fingerprint density at radius 3 is 2.76 bits per heavy atom. The van der Waals surface area contributed by atoms with Crippen LogP contribution in [0.3, 0.4) is 0 Å². The predicted molar refractivity (Wildman–Crippen MR) is 63.9 cm³/mol. The molecule has 3 nitrogen and oxygen atoms in total. The van der Waals surface area contributed by atoms with Gasteiger partial charge >= 0.3 is 6.55 Å². The zero-order valence-electron chi connectivity index (χ0n) is 10.3. The molecule has 0 aliphatic carbocycles. The topological polar surface area (TPSA) is 29.9 Å². The first kappa shape index (κ1) is 14.1. The van der Waals surface area contributed by atoms with Crippen LogP contribution in [0, 0.1) is 0 Å². The van der Waals surface area contributed by atoms with Crippen LogP contribution in [0.4, 0.5) is 8.78 Å². The van der Waals surface area contributed by atoms with Crippen molar-refractivity contribution in [3.8, 4) is 0 Å². The fourth-order valence-electron chi connectivity index (χ4n) is 1.73. The van der Waals surface area contributed by atoms with Gasteiger partial charge in [0.05, 0.1) is 5.69 Å². The molecule has 0 unspecified atom stereocenters. The Hall–Kier alpha value is -0.970. The molecule has 17 heavy (non-hydrogen) atoms. The predicted octanol–water partition coefficient (Wildman–Crippen LogP) is 3.34. The second-order valence-corrected chi connectivity index (χ2v) is 4.14. The van der Waals surface area contributed by atoms with Crippen molar-refractivity contribution < 1.29 is 8.78 Å². The second kappa shape index (κ2) is 8.17. The van der Waals surface area contributed by atoms with Crippen molar-refractivity contribution in [2.24, 2.45) is 0 Å². The summed E-state index contributed by atoms with van der Waals surface area (Å²) >= 11 is 0. The Morgan fingerprint density at radius 1 is 1.29 bits per heavy atom. The molecule has 0 saturated carbocycles. The summed E-state index contributed by atoms with van der Waals surface area (Å²) in [6.07, 6.45) is 7.48. The van der Waals surface area contributed by atoms with Crippen LogP contribution >= 0.6 is 0 Å². The van der Waals surface area contributed by atoms with Gasteiger partial charge in [0.2, 0.25) is 0 Å². The Kier molecular flexibility index (Phi) is 6.77. The van der Waals surface area contributed by atoms with Crippen LogP contribution in [0.15, 0.2) is 12.3 Å². The number of rotatable bonds is 9. The van der Waals surface area contributed by atoms with Crippen molar-refractivity contribution in [1.29, 1.82) is 0 Å². The van der Waals surface area contributed by atoms with E-state index in [0.717, 1.165) is 17.6 Å². The van der Waals surface area contributed by atoms with Crippen molar-refractivity contribution in [3.05, 3.63) is 18.0 Å². The maximum absolute atomic E-state index is 12.4. The van der Waals surface area contributed by atoms with Gasteiger partial charge in [0.25, 0.3) is 0 Å². The number of unbranched alkanes of at least 4 members (excludes halogenated alkanes) is 4. The Morgan fingerprint density at radius 2 is 2.06 bits per heavy atom. The first-order valence-corrected chi connectivity index (χ1v) is 6.27. The first-order chi connectivity index (χ1) is 8.25. The molecule has 0 amide bonds. The van der Waals surface area contributed by atoms with Crippen LogP contribution in [0.25, 0.3) is 0 Å². The number of hydrogen-bond donors (Lipinski definition) is 1. The summed E-state index contributed by atoms with van der Waals surface area (Å²) in [6, 6.07) is 1.62. The first-order valence-electron chi connectivity index (χ1n) is 6.27. The highest BCUT2D eigenvalue weighted by Gasteiger charge is 2.10. The Labute approximate surface area is 101 Å². The number of hydrogen-bond acceptors (Lipinski definition) is 2. The van der Waals surface area contributed by atoms with Gasteiger partial charge in [0, 0.05) is 12.7 Å². The highest BCUT2D eigenvalue weighted by Crippen LogP contribution is 2.11. The lowest BCUT2D eigenvalue weighted by Crippen LogP contribution is -2.18. The van der Waals surface area contributed by atoms with E-state index in [1.165, 1.54) is 31.9 Å². The molecule has 0 aliphatic rings. The molecule has 1 rings (SSSR count). The zero-order valence-corrected chi connectivity index (χ0v) is 10.3. The van der Waals surface area contributed by atoms with Gasteiger partial charge in [-0.1, -0.05) is 32.6 Å². The molecule has 0 atom stereocenters. The Balaban J connectivity index is 2.11. The summed E-state index contributed by atoms with van der Waals surface area (Å²) in [5.74, 6) is 0. The molecule has 0 saturated heterocycles. The van der Waals surface area contributed by atoms with E-state index in [0.29, 0.717) is 12.2 Å². The highest BCUT2D eigenvalue weighted by atomic mass is 19.3. The standard InChI is InChI=1S/C12H21F2N3/c1-2-3-4-5-6-8-15-10-11-7-9-16-17(11)12(13)14/h7,9,12,15H,2-6,8,10H2,1H3. The van der Waals surface area contributed by atoms with E-state index in [1.807, 2.05) is 0 Å². The molecule has 1 aromatic heterocycles. The third kappa shape index (κ3) is 5.26. The van der Waals surface area contributed by atoms with Gasteiger partial charge in [-0.15, -0.1) is 0 Å². The van der Waals surface area contributed by atoms with Gasteiger partial charge in [-0.25, -0.2) is 4.68 Å². The summed E-state index contributed by atoms with van der Waals surface area (Å²) in [4.78, 5) is 0. The lowest BCUT2D eigenvalue weighted by atomic mass is 10.1. The molecule has 0 aromatic carbocycles. The number of aromatic nitrogens is 2. The number of nitrogens with zero attached hydrogens (tertiary/aromatic N) is 2. The third-order valence-electron chi connectivity index (χ3n) is 2.70. The van der Waals surface area contributed by atoms with Gasteiger partial charge < -0.3 is 5.32 Å². The van der Waals surface area contributed by atoms with E-state index in [1.54, 1.807) is 6.07 Å². The number of nitrogens with one attached hydrogen (secondary N) is 1. The maximum Gasteiger partial charge on any atom is 0.333 e. The van der Waals surface area contributed by atoms with Crippen molar-refractivity contribution in [2.75, 3.05) is 6.54 Å². The maximum atomic E-state index is 12.4. The smallest absolute Gasteiger partial charge is 0.311 e. The monoisotopic (exact) mass is 245 g/mol. The van der Waals surface area contributed by atoms with Crippen LogP contribution in [-0.4, -0.2) is 16.3 Å². The van der Waals surface area contributed by atoms with Crippen LogP contribution < -0.4 is 5.32 Å². The van der Waals surface area contributed by atoms with Crippen molar-refractivity contribution in [2.45, 2.75) is 52.1 Å². The molecular formula is C12H21F2N3. The normalized spacial score (nSPS) is 11.3. The second-order valence-electron chi connectivity index (χ2n) is 4.14. The molecule has 5 heteroatoms. The molecular weight excluding hydrogens is 224 g/mol.